The van der Waals surface area contributed by atoms with Crippen LogP contribution in [0.15, 0.2) is 94.1 Å². The van der Waals surface area contributed by atoms with Gasteiger partial charge in [0.15, 0.2) is 5.43 Å². The average Bonchev–Trinajstić information content (AvgIpc) is 3.26. The van der Waals surface area contributed by atoms with Gasteiger partial charge in [-0.15, -0.1) is 0 Å². The Morgan fingerprint density at radius 2 is 1.68 bits per heavy atom. The normalized spacial score (nSPS) is 14.4. The molecule has 0 saturated carbocycles. The molecule has 0 aliphatic carbocycles. The van der Waals surface area contributed by atoms with Gasteiger partial charge in [0.1, 0.15) is 23.7 Å². The summed E-state index contributed by atoms with van der Waals surface area (Å²) < 4.78 is 17.6. The van der Waals surface area contributed by atoms with Crippen LogP contribution in [0.5, 0.6) is 11.5 Å². The molecule has 1 unspecified atom stereocenters. The number of benzene rings is 4. The number of carbonyl (C=O) groups is 1. The lowest BCUT2D eigenvalue weighted by Gasteiger charge is -2.26. The zero-order chi connectivity index (χ0) is 28.0. The quantitative estimate of drug-likeness (QED) is 0.220. The molecule has 6 nitrogen and oxygen atoms in total. The SMILES string of the molecule is COc1ccc(N2C(=O)c3oc4cc(C)c(C)cc4c(=O)c3C2c2cccc(OCc3ccccc3)c2)cc1Cl. The lowest BCUT2D eigenvalue weighted by Crippen LogP contribution is -2.29. The molecule has 0 fully saturated rings. The van der Waals surface area contributed by atoms with Crippen LogP contribution in [0.2, 0.25) is 5.02 Å². The van der Waals surface area contributed by atoms with Crippen LogP contribution in [-0.2, 0) is 6.61 Å². The minimum atomic E-state index is -0.755. The highest BCUT2D eigenvalue weighted by atomic mass is 35.5. The number of amides is 1. The van der Waals surface area contributed by atoms with Gasteiger partial charge >= 0.3 is 0 Å². The van der Waals surface area contributed by atoms with E-state index in [1.807, 2.05) is 74.5 Å². The highest BCUT2D eigenvalue weighted by molar-refractivity contribution is 6.32. The molecule has 4 aromatic carbocycles. The number of carbonyl (C=O) groups excluding carboxylic acids is 1. The molecule has 1 amide bonds. The summed E-state index contributed by atoms with van der Waals surface area (Å²) in [5.41, 5.74) is 4.62. The minimum absolute atomic E-state index is 0.0216. The van der Waals surface area contributed by atoms with E-state index in [9.17, 15) is 9.59 Å². The Morgan fingerprint density at radius 3 is 2.42 bits per heavy atom. The number of rotatable bonds is 6. The summed E-state index contributed by atoms with van der Waals surface area (Å²) in [7, 11) is 1.53. The first-order chi connectivity index (χ1) is 19.4. The largest absolute Gasteiger partial charge is 0.495 e. The summed E-state index contributed by atoms with van der Waals surface area (Å²) in [6.07, 6.45) is 0. The van der Waals surface area contributed by atoms with Gasteiger partial charge in [0.25, 0.3) is 5.91 Å². The van der Waals surface area contributed by atoms with Crippen molar-refractivity contribution in [1.29, 1.82) is 0 Å². The molecule has 7 heteroatoms. The smallest absolute Gasteiger partial charge is 0.295 e. The summed E-state index contributed by atoms with van der Waals surface area (Å²) in [6, 6.07) is 25.3. The summed E-state index contributed by atoms with van der Waals surface area (Å²) in [6.45, 7) is 4.27. The monoisotopic (exact) mass is 551 g/mol. The molecule has 5 aromatic rings. The van der Waals surface area contributed by atoms with E-state index in [1.165, 1.54) is 7.11 Å². The number of aryl methyl sites for hydroxylation is 2. The molecule has 2 heterocycles. The van der Waals surface area contributed by atoms with E-state index < -0.39 is 11.9 Å². The fraction of sp³-hybridized carbons (Fsp3) is 0.152. The van der Waals surface area contributed by atoms with E-state index in [4.69, 9.17) is 25.5 Å². The zero-order valence-corrected chi connectivity index (χ0v) is 23.0. The van der Waals surface area contributed by atoms with E-state index in [2.05, 4.69) is 0 Å². The van der Waals surface area contributed by atoms with Crippen molar-refractivity contribution < 1.29 is 18.7 Å². The van der Waals surface area contributed by atoms with Crippen LogP contribution in [0.4, 0.5) is 5.69 Å². The molecule has 1 aliphatic rings. The molecular formula is C33H26ClNO5. The molecule has 0 bridgehead atoms. The summed E-state index contributed by atoms with van der Waals surface area (Å²) >= 11 is 6.47. The van der Waals surface area contributed by atoms with Crippen molar-refractivity contribution in [2.45, 2.75) is 26.5 Å². The van der Waals surface area contributed by atoms with Crippen molar-refractivity contribution in [3.05, 3.63) is 134 Å². The number of fused-ring (bicyclic) bond motifs is 2. The molecule has 1 aliphatic heterocycles. The Morgan fingerprint density at radius 1 is 0.900 bits per heavy atom. The summed E-state index contributed by atoms with van der Waals surface area (Å²) in [4.78, 5) is 29.6. The third-order valence-corrected chi connectivity index (χ3v) is 7.62. The van der Waals surface area contributed by atoms with Gasteiger partial charge in [-0.05, 0) is 78.6 Å². The fourth-order valence-corrected chi connectivity index (χ4v) is 5.38. The van der Waals surface area contributed by atoms with Crippen molar-refractivity contribution >= 4 is 34.2 Å². The van der Waals surface area contributed by atoms with Crippen LogP contribution in [0.25, 0.3) is 11.0 Å². The Hall–Kier alpha value is -4.55. The van der Waals surface area contributed by atoms with Gasteiger partial charge < -0.3 is 13.9 Å². The fourth-order valence-electron chi connectivity index (χ4n) is 5.13. The molecule has 0 saturated heterocycles. The molecular weight excluding hydrogens is 526 g/mol. The van der Waals surface area contributed by atoms with Gasteiger partial charge in [-0.25, -0.2) is 0 Å². The van der Waals surface area contributed by atoms with Crippen molar-refractivity contribution in [3.63, 3.8) is 0 Å². The van der Waals surface area contributed by atoms with Crippen molar-refractivity contribution in [3.8, 4) is 11.5 Å². The maximum absolute atomic E-state index is 14.0. The van der Waals surface area contributed by atoms with Gasteiger partial charge in [0.2, 0.25) is 5.76 Å². The Balaban J connectivity index is 1.51. The van der Waals surface area contributed by atoms with E-state index in [1.54, 1.807) is 29.2 Å². The molecule has 40 heavy (non-hydrogen) atoms. The number of hydrogen-bond acceptors (Lipinski definition) is 5. The van der Waals surface area contributed by atoms with E-state index >= 15 is 0 Å². The second-order valence-electron chi connectivity index (χ2n) is 9.85. The van der Waals surface area contributed by atoms with Crippen molar-refractivity contribution in [1.82, 2.24) is 0 Å². The van der Waals surface area contributed by atoms with Crippen molar-refractivity contribution in [2.75, 3.05) is 12.0 Å². The predicted octanol–water partition coefficient (Wildman–Crippen LogP) is 7.40. The predicted molar refractivity (Wildman–Crippen MR) is 156 cm³/mol. The van der Waals surface area contributed by atoms with Gasteiger partial charge in [0, 0.05) is 5.69 Å². The van der Waals surface area contributed by atoms with Crippen LogP contribution in [0.1, 0.15) is 44.4 Å². The number of nitrogens with zero attached hydrogens (tertiary/aromatic N) is 1. The molecule has 1 atom stereocenters. The lowest BCUT2D eigenvalue weighted by atomic mass is 9.97. The van der Waals surface area contributed by atoms with Crippen LogP contribution in [0, 0.1) is 13.8 Å². The molecule has 0 radical (unpaired) electrons. The second kappa shape index (κ2) is 10.2. The van der Waals surface area contributed by atoms with E-state index in [0.717, 1.165) is 16.7 Å². The highest BCUT2D eigenvalue weighted by Crippen LogP contribution is 2.43. The van der Waals surface area contributed by atoms with Crippen LogP contribution in [0.3, 0.4) is 0 Å². The number of methoxy groups -OCH3 is 1. The first-order valence-electron chi connectivity index (χ1n) is 12.9. The molecule has 0 N–H and O–H groups in total. The number of hydrogen-bond donors (Lipinski definition) is 0. The highest BCUT2D eigenvalue weighted by Gasteiger charge is 2.44. The first kappa shape index (κ1) is 25.7. The first-order valence-corrected chi connectivity index (χ1v) is 13.2. The van der Waals surface area contributed by atoms with Crippen LogP contribution >= 0.6 is 11.6 Å². The molecule has 0 spiro atoms. The number of anilines is 1. The van der Waals surface area contributed by atoms with Gasteiger partial charge in [-0.3, -0.25) is 14.5 Å². The minimum Gasteiger partial charge on any atom is -0.495 e. The second-order valence-corrected chi connectivity index (χ2v) is 10.3. The Bertz CT molecular complexity index is 1830. The van der Waals surface area contributed by atoms with Crippen LogP contribution < -0.4 is 19.8 Å². The van der Waals surface area contributed by atoms with Crippen molar-refractivity contribution in [2.24, 2.45) is 0 Å². The van der Waals surface area contributed by atoms with Gasteiger partial charge in [-0.2, -0.15) is 0 Å². The number of halogens is 1. The Labute approximate surface area is 236 Å². The number of ether oxygens (including phenoxy) is 2. The maximum atomic E-state index is 14.0. The third kappa shape index (κ3) is 4.40. The Kier molecular flexibility index (Phi) is 6.56. The molecule has 1 aromatic heterocycles. The topological polar surface area (TPSA) is 69.0 Å². The average molecular weight is 552 g/mol. The zero-order valence-electron chi connectivity index (χ0n) is 22.2. The summed E-state index contributed by atoms with van der Waals surface area (Å²) in [5, 5.41) is 0.781. The van der Waals surface area contributed by atoms with Gasteiger partial charge in [-0.1, -0.05) is 54.1 Å². The molecule has 200 valence electrons. The van der Waals surface area contributed by atoms with E-state index in [-0.39, 0.29) is 16.8 Å². The molecule has 6 rings (SSSR count). The van der Waals surface area contributed by atoms with Crippen LogP contribution in [-0.4, -0.2) is 13.0 Å². The lowest BCUT2D eigenvalue weighted by molar-refractivity contribution is 0.0971. The summed E-state index contributed by atoms with van der Waals surface area (Å²) in [5.74, 6) is 0.697. The van der Waals surface area contributed by atoms with E-state index in [0.29, 0.717) is 45.3 Å². The third-order valence-electron chi connectivity index (χ3n) is 7.32. The maximum Gasteiger partial charge on any atom is 0.295 e. The standard InChI is InChI=1S/C33H26ClNO5/c1-19-14-25-28(15-20(19)2)40-32-29(31(25)36)30(35(33(32)37)23-12-13-27(38-3)26(34)17-23)22-10-7-11-24(16-22)39-18-21-8-5-4-6-9-21/h4-17,30H,18H2,1-3H3. The van der Waals surface area contributed by atoms with Gasteiger partial charge in [0.05, 0.1) is 29.1 Å².